The number of amides is 1. The molecular weight excluding hydrogens is 470 g/mol. The van der Waals surface area contributed by atoms with Crippen LogP contribution in [0, 0.1) is 11.3 Å². The van der Waals surface area contributed by atoms with Gasteiger partial charge in [-0.05, 0) is 50.1 Å². The van der Waals surface area contributed by atoms with Crippen molar-refractivity contribution in [2.75, 3.05) is 18.5 Å². The third-order valence-corrected chi connectivity index (χ3v) is 6.35. The molecule has 1 fully saturated rings. The summed E-state index contributed by atoms with van der Waals surface area (Å²) < 4.78 is 12.8. The van der Waals surface area contributed by atoms with Crippen LogP contribution in [0.2, 0.25) is 0 Å². The van der Waals surface area contributed by atoms with Crippen molar-refractivity contribution in [3.63, 3.8) is 0 Å². The number of hydrogen-bond donors (Lipinski definition) is 1. The van der Waals surface area contributed by atoms with Crippen molar-refractivity contribution in [3.8, 4) is 17.6 Å². The number of carbonyl (C=O) groups excluding carboxylic acids is 2. The van der Waals surface area contributed by atoms with Crippen LogP contribution in [0.4, 0.5) is 5.69 Å². The number of hydrogen-bond acceptors (Lipinski definition) is 6. The second kappa shape index (κ2) is 12.0. The van der Waals surface area contributed by atoms with Gasteiger partial charge in [0.25, 0.3) is 11.5 Å². The van der Waals surface area contributed by atoms with E-state index in [1.165, 1.54) is 10.6 Å². The lowest BCUT2D eigenvalue weighted by Crippen LogP contribution is -2.29. The molecule has 2 aromatic carbocycles. The highest BCUT2D eigenvalue weighted by molar-refractivity contribution is 6.10. The van der Waals surface area contributed by atoms with Crippen molar-refractivity contribution >= 4 is 17.4 Å². The Morgan fingerprint density at radius 1 is 1.03 bits per heavy atom. The molecule has 0 aliphatic heterocycles. The summed E-state index contributed by atoms with van der Waals surface area (Å²) in [5.74, 6) is -0.0178. The summed E-state index contributed by atoms with van der Waals surface area (Å²) in [7, 11) is 0. The average molecular weight is 500 g/mol. The Balaban J connectivity index is 1.54. The molecule has 0 saturated heterocycles. The predicted octanol–water partition coefficient (Wildman–Crippen LogP) is 4.87. The Kier molecular flexibility index (Phi) is 8.37. The first-order chi connectivity index (χ1) is 18.0. The van der Waals surface area contributed by atoms with Crippen LogP contribution >= 0.6 is 0 Å². The molecule has 1 aliphatic carbocycles. The molecule has 8 nitrogen and oxygen atoms in total. The normalized spacial score (nSPS) is 13.4. The molecule has 1 N–H and O–H groups in total. The molecule has 0 unspecified atom stereocenters. The fraction of sp³-hybridized carbons (Fsp3) is 0.310. The fourth-order valence-corrected chi connectivity index (χ4v) is 4.55. The van der Waals surface area contributed by atoms with Crippen molar-refractivity contribution in [2.45, 2.75) is 45.1 Å². The summed E-state index contributed by atoms with van der Waals surface area (Å²) in [6.45, 7) is 1.99. The highest BCUT2D eigenvalue weighted by Gasteiger charge is 2.22. The van der Waals surface area contributed by atoms with Crippen LogP contribution in [0.1, 0.15) is 66.6 Å². The quantitative estimate of drug-likeness (QED) is 0.421. The fourth-order valence-electron chi connectivity index (χ4n) is 4.55. The molecule has 4 rings (SSSR count). The zero-order valence-corrected chi connectivity index (χ0v) is 20.7. The molecule has 37 heavy (non-hydrogen) atoms. The van der Waals surface area contributed by atoms with Gasteiger partial charge in [-0.3, -0.25) is 14.4 Å². The van der Waals surface area contributed by atoms with Gasteiger partial charge in [0.15, 0.2) is 12.4 Å². The summed E-state index contributed by atoms with van der Waals surface area (Å²) >= 11 is 0. The van der Waals surface area contributed by atoms with Gasteiger partial charge >= 0.3 is 0 Å². The van der Waals surface area contributed by atoms with Gasteiger partial charge in [-0.2, -0.15) is 5.26 Å². The smallest absolute Gasteiger partial charge is 0.268 e. The molecule has 0 atom stereocenters. The van der Waals surface area contributed by atoms with E-state index in [1.54, 1.807) is 48.7 Å². The van der Waals surface area contributed by atoms with Crippen LogP contribution < -0.4 is 20.3 Å². The van der Waals surface area contributed by atoms with E-state index in [0.29, 0.717) is 18.0 Å². The van der Waals surface area contributed by atoms with Crippen LogP contribution in [0.3, 0.4) is 0 Å². The number of benzene rings is 2. The maximum absolute atomic E-state index is 13.5. The first-order valence-corrected chi connectivity index (χ1v) is 12.5. The topological polar surface area (TPSA) is 110 Å². The summed E-state index contributed by atoms with van der Waals surface area (Å²) in [6, 6.07) is 16.9. The van der Waals surface area contributed by atoms with Gasteiger partial charge in [0, 0.05) is 17.8 Å². The molecule has 190 valence electrons. The molecule has 0 radical (unpaired) electrons. The maximum Gasteiger partial charge on any atom is 0.268 e. The van der Waals surface area contributed by atoms with E-state index < -0.39 is 11.7 Å². The lowest BCUT2D eigenvalue weighted by atomic mass is 9.94. The number of nitriles is 1. The van der Waals surface area contributed by atoms with E-state index in [2.05, 4.69) is 5.32 Å². The van der Waals surface area contributed by atoms with Crippen LogP contribution in [-0.4, -0.2) is 29.5 Å². The summed E-state index contributed by atoms with van der Waals surface area (Å²) in [5.41, 5.74) is 0.550. The number of nitrogens with one attached hydrogen (secondary N) is 1. The van der Waals surface area contributed by atoms with Crippen LogP contribution in [0.25, 0.3) is 0 Å². The zero-order valence-electron chi connectivity index (χ0n) is 20.7. The van der Waals surface area contributed by atoms with E-state index in [-0.39, 0.29) is 40.6 Å². The van der Waals surface area contributed by atoms with Gasteiger partial charge in [-0.15, -0.1) is 0 Å². The number of anilines is 1. The molecular formula is C29H29N3O5. The lowest BCUT2D eigenvalue weighted by molar-refractivity contribution is -0.118. The summed E-state index contributed by atoms with van der Waals surface area (Å²) in [4.78, 5) is 38.9. The second-order valence-electron chi connectivity index (χ2n) is 8.85. The second-order valence-corrected chi connectivity index (χ2v) is 8.85. The Morgan fingerprint density at radius 3 is 2.46 bits per heavy atom. The van der Waals surface area contributed by atoms with Gasteiger partial charge < -0.3 is 19.4 Å². The van der Waals surface area contributed by atoms with Crippen molar-refractivity contribution < 1.29 is 19.1 Å². The Labute approximate surface area is 215 Å². The van der Waals surface area contributed by atoms with Gasteiger partial charge in [0.05, 0.1) is 17.9 Å². The highest BCUT2D eigenvalue weighted by Crippen LogP contribution is 2.28. The van der Waals surface area contributed by atoms with Crippen LogP contribution in [0.15, 0.2) is 65.6 Å². The van der Waals surface area contributed by atoms with Gasteiger partial charge in [0.1, 0.15) is 23.1 Å². The summed E-state index contributed by atoms with van der Waals surface area (Å²) in [5, 5.41) is 12.3. The largest absolute Gasteiger partial charge is 0.492 e. The zero-order chi connectivity index (χ0) is 26.2. The van der Waals surface area contributed by atoms with E-state index in [0.717, 1.165) is 32.1 Å². The number of ketones is 1. The third kappa shape index (κ3) is 6.07. The molecule has 0 bridgehead atoms. The van der Waals surface area contributed by atoms with Crippen LogP contribution in [-0.2, 0) is 4.79 Å². The Morgan fingerprint density at radius 2 is 1.73 bits per heavy atom. The first-order valence-electron chi connectivity index (χ1n) is 12.5. The van der Waals surface area contributed by atoms with E-state index in [4.69, 9.17) is 9.47 Å². The van der Waals surface area contributed by atoms with Crippen molar-refractivity contribution in [1.29, 1.82) is 5.26 Å². The summed E-state index contributed by atoms with van der Waals surface area (Å²) in [6.07, 6.45) is 6.35. The first kappa shape index (κ1) is 25.7. The molecule has 1 saturated carbocycles. The van der Waals surface area contributed by atoms with E-state index in [9.17, 15) is 19.6 Å². The number of nitrogens with zero attached hydrogens (tertiary/aromatic N) is 2. The maximum atomic E-state index is 13.5. The molecule has 1 aromatic heterocycles. The minimum atomic E-state index is -0.410. The number of rotatable bonds is 9. The van der Waals surface area contributed by atoms with Crippen molar-refractivity contribution in [3.05, 3.63) is 87.8 Å². The number of carbonyl (C=O) groups is 2. The minimum Gasteiger partial charge on any atom is -0.492 e. The standard InChI is InChI=1S/C29H29N3O5/c1-2-36-26-15-9-7-13-24(26)31-27(33)19-37-25-14-8-6-12-23(25)28(34)21-16-20(17-30)29(35)32(18-21)22-10-4-3-5-11-22/h6-9,12-16,18,22H,2-5,10-11,19H2,1H3,(H,31,33). The molecule has 0 spiro atoms. The molecule has 1 amide bonds. The van der Waals surface area contributed by atoms with Crippen molar-refractivity contribution in [1.82, 2.24) is 4.57 Å². The minimum absolute atomic E-state index is 0.0316. The number of para-hydroxylation sites is 3. The number of ether oxygens (including phenoxy) is 2. The molecule has 3 aromatic rings. The average Bonchev–Trinajstić information content (AvgIpc) is 2.93. The van der Waals surface area contributed by atoms with Crippen molar-refractivity contribution in [2.24, 2.45) is 0 Å². The number of aromatic nitrogens is 1. The predicted molar refractivity (Wildman–Crippen MR) is 139 cm³/mol. The van der Waals surface area contributed by atoms with Crippen LogP contribution in [0.5, 0.6) is 11.5 Å². The van der Waals surface area contributed by atoms with E-state index in [1.807, 2.05) is 19.1 Å². The molecule has 8 heteroatoms. The van der Waals surface area contributed by atoms with Gasteiger partial charge in [-0.25, -0.2) is 0 Å². The van der Waals surface area contributed by atoms with Gasteiger partial charge in [-0.1, -0.05) is 43.5 Å². The Bertz CT molecular complexity index is 1380. The SMILES string of the molecule is CCOc1ccccc1NC(=O)COc1ccccc1C(=O)c1cc(C#N)c(=O)n(C2CCCCC2)c1. The molecule has 1 heterocycles. The lowest BCUT2D eigenvalue weighted by Gasteiger charge is -2.24. The van der Waals surface area contributed by atoms with E-state index >= 15 is 0 Å². The third-order valence-electron chi connectivity index (χ3n) is 6.35. The Hall–Kier alpha value is -4.38. The number of pyridine rings is 1. The monoisotopic (exact) mass is 499 g/mol. The highest BCUT2D eigenvalue weighted by atomic mass is 16.5. The van der Waals surface area contributed by atoms with Gasteiger partial charge in [0.2, 0.25) is 0 Å². The molecule has 1 aliphatic rings.